The number of carboxylic acid groups (broad SMARTS) is 1. The van der Waals surface area contributed by atoms with Crippen molar-refractivity contribution >= 4 is 5.97 Å². The highest BCUT2D eigenvalue weighted by atomic mass is 16.4. The van der Waals surface area contributed by atoms with E-state index in [4.69, 9.17) is 0 Å². The molecule has 0 aliphatic carbocycles. The molecule has 0 bridgehead atoms. The van der Waals surface area contributed by atoms with E-state index in [-0.39, 0.29) is 12.1 Å². The molecule has 0 amide bonds. The van der Waals surface area contributed by atoms with Crippen LogP contribution in [-0.4, -0.2) is 57.0 Å². The first kappa shape index (κ1) is 15.3. The van der Waals surface area contributed by atoms with Crippen LogP contribution >= 0.6 is 0 Å². The minimum Gasteiger partial charge on any atom is -0.479 e. The number of aliphatic carboxylic acids is 1. The fourth-order valence-electron chi connectivity index (χ4n) is 1.82. The maximum Gasteiger partial charge on any atom is 0.340 e. The average Bonchev–Trinajstić information content (AvgIpc) is 2.28. The molecule has 0 saturated heterocycles. The standard InChI is InChI=1S/C10H24N4O2/c1-7(11-2)6-8(12-3)10(13-4,14-5)9(15)16/h7-8,11-14H,6H2,1-5H3,(H,15,16). The van der Waals surface area contributed by atoms with Gasteiger partial charge in [0.05, 0.1) is 6.04 Å². The molecule has 16 heavy (non-hydrogen) atoms. The Morgan fingerprint density at radius 2 is 1.69 bits per heavy atom. The van der Waals surface area contributed by atoms with Crippen LogP contribution in [0.25, 0.3) is 0 Å². The van der Waals surface area contributed by atoms with Crippen molar-refractivity contribution in [3.8, 4) is 0 Å². The third-order valence-electron chi connectivity index (χ3n) is 3.08. The molecule has 0 spiro atoms. The van der Waals surface area contributed by atoms with E-state index in [2.05, 4.69) is 21.3 Å². The van der Waals surface area contributed by atoms with Crippen molar-refractivity contribution in [2.45, 2.75) is 31.1 Å². The third-order valence-corrected chi connectivity index (χ3v) is 3.08. The van der Waals surface area contributed by atoms with Gasteiger partial charge in [-0.05, 0) is 41.5 Å². The summed E-state index contributed by atoms with van der Waals surface area (Å²) >= 11 is 0. The Labute approximate surface area is 97.2 Å². The maximum absolute atomic E-state index is 11.4. The van der Waals surface area contributed by atoms with E-state index in [9.17, 15) is 9.90 Å². The van der Waals surface area contributed by atoms with E-state index in [1.165, 1.54) is 0 Å². The van der Waals surface area contributed by atoms with E-state index in [0.717, 1.165) is 0 Å². The number of hydrogen-bond acceptors (Lipinski definition) is 5. The molecule has 2 unspecified atom stereocenters. The molecule has 0 aliphatic heterocycles. The molecular formula is C10H24N4O2. The second-order valence-electron chi connectivity index (χ2n) is 3.88. The van der Waals surface area contributed by atoms with E-state index in [0.29, 0.717) is 6.42 Å². The second-order valence-corrected chi connectivity index (χ2v) is 3.88. The Morgan fingerprint density at radius 3 is 1.94 bits per heavy atom. The smallest absolute Gasteiger partial charge is 0.340 e. The number of likely N-dealkylation sites (N-methyl/N-ethyl adjacent to an activating group) is 3. The molecule has 96 valence electrons. The van der Waals surface area contributed by atoms with Gasteiger partial charge in [-0.25, -0.2) is 4.79 Å². The molecule has 0 rings (SSSR count). The van der Waals surface area contributed by atoms with Gasteiger partial charge in [0.25, 0.3) is 0 Å². The van der Waals surface area contributed by atoms with Crippen molar-refractivity contribution in [3.63, 3.8) is 0 Å². The summed E-state index contributed by atoms with van der Waals surface area (Å²) in [6.07, 6.45) is 0.695. The lowest BCUT2D eigenvalue weighted by Gasteiger charge is -2.37. The highest BCUT2D eigenvalue weighted by molar-refractivity contribution is 5.79. The molecule has 0 fully saturated rings. The summed E-state index contributed by atoms with van der Waals surface area (Å²) in [7, 11) is 6.90. The summed E-state index contributed by atoms with van der Waals surface area (Å²) in [5, 5.41) is 21.2. The quantitative estimate of drug-likeness (QED) is 0.338. The Morgan fingerprint density at radius 1 is 1.19 bits per heavy atom. The van der Waals surface area contributed by atoms with E-state index >= 15 is 0 Å². The topological polar surface area (TPSA) is 85.4 Å². The predicted octanol–water partition coefficient (Wildman–Crippen LogP) is -1.21. The fourth-order valence-corrected chi connectivity index (χ4v) is 1.82. The number of carbonyl (C=O) groups is 1. The van der Waals surface area contributed by atoms with Crippen LogP contribution in [0.4, 0.5) is 0 Å². The Kier molecular flexibility index (Phi) is 6.51. The van der Waals surface area contributed by atoms with Gasteiger partial charge in [-0.3, -0.25) is 10.6 Å². The Bertz CT molecular complexity index is 219. The molecule has 0 aromatic rings. The number of hydrogen-bond donors (Lipinski definition) is 5. The van der Waals surface area contributed by atoms with E-state index < -0.39 is 11.6 Å². The van der Waals surface area contributed by atoms with Crippen molar-refractivity contribution in [1.29, 1.82) is 0 Å². The number of carboxylic acids is 1. The first-order valence-corrected chi connectivity index (χ1v) is 5.44. The molecule has 0 saturated carbocycles. The normalized spacial score (nSPS) is 15.8. The van der Waals surface area contributed by atoms with Gasteiger partial charge < -0.3 is 15.7 Å². The van der Waals surface area contributed by atoms with Gasteiger partial charge in [0.15, 0.2) is 5.66 Å². The third kappa shape index (κ3) is 3.15. The molecule has 0 aromatic heterocycles. The van der Waals surface area contributed by atoms with Crippen LogP contribution in [0, 0.1) is 0 Å². The van der Waals surface area contributed by atoms with Gasteiger partial charge in [-0.1, -0.05) is 0 Å². The Balaban J connectivity index is 4.91. The first-order chi connectivity index (χ1) is 7.48. The van der Waals surface area contributed by atoms with Gasteiger partial charge in [-0.15, -0.1) is 0 Å². The van der Waals surface area contributed by atoms with Gasteiger partial charge in [-0.2, -0.15) is 0 Å². The molecule has 0 radical (unpaired) electrons. The van der Waals surface area contributed by atoms with Crippen molar-refractivity contribution in [3.05, 3.63) is 0 Å². The minimum absolute atomic E-state index is 0.220. The lowest BCUT2D eigenvalue weighted by Crippen LogP contribution is -2.71. The van der Waals surface area contributed by atoms with E-state index in [1.807, 2.05) is 14.0 Å². The lowest BCUT2D eigenvalue weighted by molar-refractivity contribution is -0.147. The Hall–Kier alpha value is -0.690. The van der Waals surface area contributed by atoms with Gasteiger partial charge in [0, 0.05) is 6.04 Å². The van der Waals surface area contributed by atoms with Crippen LogP contribution in [0.2, 0.25) is 0 Å². The van der Waals surface area contributed by atoms with Crippen LogP contribution in [0.1, 0.15) is 13.3 Å². The fraction of sp³-hybridized carbons (Fsp3) is 0.900. The highest BCUT2D eigenvalue weighted by Crippen LogP contribution is 2.12. The van der Waals surface area contributed by atoms with Crippen LogP contribution in [-0.2, 0) is 4.79 Å². The molecule has 0 heterocycles. The summed E-state index contributed by atoms with van der Waals surface area (Å²) in [5.41, 5.74) is -1.15. The van der Waals surface area contributed by atoms with Crippen molar-refractivity contribution in [2.75, 3.05) is 28.2 Å². The molecule has 0 aliphatic rings. The van der Waals surface area contributed by atoms with Crippen LogP contribution in [0.15, 0.2) is 0 Å². The van der Waals surface area contributed by atoms with Crippen molar-refractivity contribution in [2.24, 2.45) is 0 Å². The van der Waals surface area contributed by atoms with Gasteiger partial charge in [0.1, 0.15) is 0 Å². The number of nitrogens with one attached hydrogen (secondary N) is 4. The number of rotatable bonds is 8. The second kappa shape index (κ2) is 6.80. The van der Waals surface area contributed by atoms with Gasteiger partial charge >= 0.3 is 5.97 Å². The van der Waals surface area contributed by atoms with Crippen molar-refractivity contribution in [1.82, 2.24) is 21.3 Å². The zero-order valence-electron chi connectivity index (χ0n) is 10.7. The molecule has 6 heteroatoms. The molecule has 5 N–H and O–H groups in total. The summed E-state index contributed by atoms with van der Waals surface area (Å²) < 4.78 is 0. The average molecular weight is 232 g/mol. The highest BCUT2D eigenvalue weighted by Gasteiger charge is 2.43. The SMILES string of the molecule is CNC(C)CC(NC)C(NC)(NC)C(=O)O. The summed E-state index contributed by atoms with van der Waals surface area (Å²) in [5.74, 6) is -0.917. The van der Waals surface area contributed by atoms with Crippen LogP contribution in [0.3, 0.4) is 0 Å². The maximum atomic E-state index is 11.4. The molecular weight excluding hydrogens is 208 g/mol. The summed E-state index contributed by atoms with van der Waals surface area (Å²) in [6.45, 7) is 2.02. The van der Waals surface area contributed by atoms with E-state index in [1.54, 1.807) is 21.1 Å². The predicted molar refractivity (Wildman–Crippen MR) is 64.5 cm³/mol. The van der Waals surface area contributed by atoms with Gasteiger partial charge in [0.2, 0.25) is 0 Å². The molecule has 0 aromatic carbocycles. The van der Waals surface area contributed by atoms with Crippen LogP contribution < -0.4 is 21.3 Å². The van der Waals surface area contributed by atoms with Crippen molar-refractivity contribution < 1.29 is 9.90 Å². The summed E-state index contributed by atoms with van der Waals surface area (Å²) in [6, 6.07) is 0.0142. The largest absolute Gasteiger partial charge is 0.479 e. The molecule has 2 atom stereocenters. The zero-order valence-corrected chi connectivity index (χ0v) is 10.7. The van der Waals surface area contributed by atoms with Crippen LogP contribution in [0.5, 0.6) is 0 Å². The minimum atomic E-state index is -1.15. The summed E-state index contributed by atoms with van der Waals surface area (Å²) in [4.78, 5) is 11.4. The molecule has 6 nitrogen and oxygen atoms in total. The lowest BCUT2D eigenvalue weighted by atomic mass is 9.94. The monoisotopic (exact) mass is 232 g/mol. The zero-order chi connectivity index (χ0) is 12.8. The first-order valence-electron chi connectivity index (χ1n) is 5.44.